The van der Waals surface area contributed by atoms with E-state index in [1.54, 1.807) is 0 Å². The fourth-order valence-corrected chi connectivity index (χ4v) is 2.84. The second kappa shape index (κ2) is 6.73. The maximum absolute atomic E-state index is 4.57. The van der Waals surface area contributed by atoms with Crippen LogP contribution in [0.2, 0.25) is 0 Å². The zero-order valence-electron chi connectivity index (χ0n) is 12.4. The van der Waals surface area contributed by atoms with Crippen molar-refractivity contribution in [3.8, 4) is 0 Å². The summed E-state index contributed by atoms with van der Waals surface area (Å²) in [6.07, 6.45) is 7.71. The van der Waals surface area contributed by atoms with E-state index in [4.69, 9.17) is 0 Å². The molecule has 1 aliphatic carbocycles. The monoisotopic (exact) mass is 262 g/mol. The zero-order chi connectivity index (χ0) is 13.7. The van der Waals surface area contributed by atoms with E-state index in [1.807, 2.05) is 13.1 Å². The highest BCUT2D eigenvalue weighted by Gasteiger charge is 2.20. The molecule has 0 aliphatic heterocycles. The minimum Gasteiger partial charge on any atom is -0.373 e. The van der Waals surface area contributed by atoms with Gasteiger partial charge in [0.05, 0.1) is 0 Å². The van der Waals surface area contributed by atoms with E-state index in [9.17, 15) is 0 Å². The van der Waals surface area contributed by atoms with Gasteiger partial charge in [-0.05, 0) is 25.7 Å². The second-order valence-corrected chi connectivity index (χ2v) is 5.49. The van der Waals surface area contributed by atoms with Crippen molar-refractivity contribution in [1.29, 1.82) is 0 Å². The van der Waals surface area contributed by atoms with Crippen LogP contribution < -0.4 is 10.6 Å². The molecule has 1 heterocycles. The molecule has 1 aromatic heterocycles. The van der Waals surface area contributed by atoms with E-state index in [0.29, 0.717) is 6.04 Å². The minimum absolute atomic E-state index is 0.490. The highest BCUT2D eigenvalue weighted by atomic mass is 15.1. The molecule has 1 aliphatic rings. The summed E-state index contributed by atoms with van der Waals surface area (Å²) in [6, 6.07) is 2.49. The van der Waals surface area contributed by atoms with Gasteiger partial charge < -0.3 is 10.6 Å². The SMILES string of the molecule is CCc1nc(NC)cc(NC(C)C2CCCCC2)n1. The number of nitrogens with one attached hydrogen (secondary N) is 2. The Kier molecular flexibility index (Phi) is 5.00. The first-order valence-electron chi connectivity index (χ1n) is 7.55. The number of aromatic nitrogens is 2. The van der Waals surface area contributed by atoms with Crippen LogP contribution in [0, 0.1) is 5.92 Å². The van der Waals surface area contributed by atoms with Crippen LogP contribution in [-0.2, 0) is 6.42 Å². The Hall–Kier alpha value is -1.32. The average Bonchev–Trinajstić information content (AvgIpc) is 2.47. The molecule has 19 heavy (non-hydrogen) atoms. The summed E-state index contributed by atoms with van der Waals surface area (Å²) in [5.74, 6) is 3.52. The van der Waals surface area contributed by atoms with Crippen LogP contribution in [0.4, 0.5) is 11.6 Å². The number of hydrogen-bond acceptors (Lipinski definition) is 4. The minimum atomic E-state index is 0.490. The Morgan fingerprint density at radius 2 is 1.89 bits per heavy atom. The fourth-order valence-electron chi connectivity index (χ4n) is 2.84. The Bertz CT molecular complexity index is 377. The highest BCUT2D eigenvalue weighted by molar-refractivity contribution is 5.47. The maximum atomic E-state index is 4.57. The van der Waals surface area contributed by atoms with Crippen molar-refractivity contribution in [2.75, 3.05) is 17.7 Å². The van der Waals surface area contributed by atoms with Gasteiger partial charge in [0.1, 0.15) is 17.5 Å². The predicted molar refractivity (Wildman–Crippen MR) is 80.6 cm³/mol. The summed E-state index contributed by atoms with van der Waals surface area (Å²) < 4.78 is 0. The second-order valence-electron chi connectivity index (χ2n) is 5.49. The van der Waals surface area contributed by atoms with E-state index in [2.05, 4.69) is 34.4 Å². The molecule has 106 valence electrons. The van der Waals surface area contributed by atoms with E-state index < -0.39 is 0 Å². The Morgan fingerprint density at radius 1 is 1.21 bits per heavy atom. The van der Waals surface area contributed by atoms with Crippen LogP contribution in [0.5, 0.6) is 0 Å². The molecule has 0 amide bonds. The summed E-state index contributed by atoms with van der Waals surface area (Å²) in [5, 5.41) is 6.67. The maximum Gasteiger partial charge on any atom is 0.132 e. The molecule has 4 nitrogen and oxygen atoms in total. The lowest BCUT2D eigenvalue weighted by molar-refractivity contribution is 0.328. The van der Waals surface area contributed by atoms with Crippen LogP contribution in [-0.4, -0.2) is 23.1 Å². The average molecular weight is 262 g/mol. The van der Waals surface area contributed by atoms with Gasteiger partial charge >= 0.3 is 0 Å². The van der Waals surface area contributed by atoms with Gasteiger partial charge in [-0.15, -0.1) is 0 Å². The summed E-state index contributed by atoms with van der Waals surface area (Å²) in [6.45, 7) is 4.37. The predicted octanol–water partition coefficient (Wildman–Crippen LogP) is 3.46. The van der Waals surface area contributed by atoms with Crippen molar-refractivity contribution in [3.05, 3.63) is 11.9 Å². The molecule has 2 rings (SSSR count). The fraction of sp³-hybridized carbons (Fsp3) is 0.733. The molecule has 2 N–H and O–H groups in total. The summed E-state index contributed by atoms with van der Waals surface area (Å²) in [5.41, 5.74) is 0. The number of nitrogens with zero attached hydrogens (tertiary/aromatic N) is 2. The first-order chi connectivity index (χ1) is 9.22. The quantitative estimate of drug-likeness (QED) is 0.853. The molecule has 0 aromatic carbocycles. The number of rotatable bonds is 5. The highest BCUT2D eigenvalue weighted by Crippen LogP contribution is 2.28. The van der Waals surface area contributed by atoms with Crippen LogP contribution in [0.15, 0.2) is 6.07 Å². The normalized spacial score (nSPS) is 18.1. The smallest absolute Gasteiger partial charge is 0.132 e. The Labute approximate surface area is 116 Å². The van der Waals surface area contributed by atoms with Crippen molar-refractivity contribution < 1.29 is 0 Å². The summed E-state index contributed by atoms with van der Waals surface area (Å²) in [4.78, 5) is 9.00. The standard InChI is InChI=1S/C15H26N4/c1-4-13-18-14(16-3)10-15(19-13)17-11(2)12-8-6-5-7-9-12/h10-12H,4-9H2,1-3H3,(H2,16,17,18,19). The molecular weight excluding hydrogens is 236 g/mol. The molecule has 0 spiro atoms. The molecule has 4 heteroatoms. The molecule has 0 bridgehead atoms. The van der Waals surface area contributed by atoms with E-state index in [-0.39, 0.29) is 0 Å². The topological polar surface area (TPSA) is 49.8 Å². The number of hydrogen-bond donors (Lipinski definition) is 2. The summed E-state index contributed by atoms with van der Waals surface area (Å²) in [7, 11) is 1.90. The van der Waals surface area contributed by atoms with E-state index in [1.165, 1.54) is 32.1 Å². The van der Waals surface area contributed by atoms with E-state index in [0.717, 1.165) is 29.8 Å². The van der Waals surface area contributed by atoms with Crippen molar-refractivity contribution in [3.63, 3.8) is 0 Å². The van der Waals surface area contributed by atoms with Crippen molar-refractivity contribution in [1.82, 2.24) is 9.97 Å². The third kappa shape index (κ3) is 3.82. The Morgan fingerprint density at radius 3 is 2.53 bits per heavy atom. The first kappa shape index (κ1) is 14.1. The lowest BCUT2D eigenvalue weighted by atomic mass is 9.84. The number of aryl methyl sites for hydroxylation is 1. The van der Waals surface area contributed by atoms with Crippen LogP contribution in [0.25, 0.3) is 0 Å². The van der Waals surface area contributed by atoms with Gasteiger partial charge in [0.25, 0.3) is 0 Å². The lowest BCUT2D eigenvalue weighted by Gasteiger charge is -2.28. The third-order valence-electron chi connectivity index (χ3n) is 4.08. The van der Waals surface area contributed by atoms with Crippen LogP contribution in [0.3, 0.4) is 0 Å². The molecule has 1 saturated carbocycles. The van der Waals surface area contributed by atoms with Crippen LogP contribution in [0.1, 0.15) is 51.8 Å². The van der Waals surface area contributed by atoms with Crippen molar-refractivity contribution in [2.45, 2.75) is 58.4 Å². The van der Waals surface area contributed by atoms with Crippen LogP contribution >= 0.6 is 0 Å². The molecule has 1 fully saturated rings. The number of anilines is 2. The third-order valence-corrected chi connectivity index (χ3v) is 4.08. The van der Waals surface area contributed by atoms with Gasteiger partial charge in [-0.3, -0.25) is 0 Å². The Balaban J connectivity index is 2.04. The van der Waals surface area contributed by atoms with Gasteiger partial charge in [0.2, 0.25) is 0 Å². The van der Waals surface area contributed by atoms with Gasteiger partial charge in [-0.1, -0.05) is 26.2 Å². The van der Waals surface area contributed by atoms with Crippen molar-refractivity contribution in [2.24, 2.45) is 5.92 Å². The van der Waals surface area contributed by atoms with Gasteiger partial charge in [0.15, 0.2) is 0 Å². The largest absolute Gasteiger partial charge is 0.373 e. The first-order valence-corrected chi connectivity index (χ1v) is 7.55. The van der Waals surface area contributed by atoms with Gasteiger partial charge in [-0.25, -0.2) is 9.97 Å². The van der Waals surface area contributed by atoms with Crippen molar-refractivity contribution >= 4 is 11.6 Å². The van der Waals surface area contributed by atoms with Gasteiger partial charge in [-0.2, -0.15) is 0 Å². The molecule has 1 aromatic rings. The van der Waals surface area contributed by atoms with Gasteiger partial charge in [0, 0.05) is 25.6 Å². The molecule has 0 saturated heterocycles. The zero-order valence-corrected chi connectivity index (χ0v) is 12.4. The molecule has 0 radical (unpaired) electrons. The molecular formula is C15H26N4. The summed E-state index contributed by atoms with van der Waals surface area (Å²) >= 11 is 0. The lowest BCUT2D eigenvalue weighted by Crippen LogP contribution is -2.28. The molecule has 1 unspecified atom stereocenters. The van der Waals surface area contributed by atoms with E-state index >= 15 is 0 Å². The molecule has 1 atom stereocenters.